The van der Waals surface area contributed by atoms with Gasteiger partial charge in [0.2, 0.25) is 0 Å². The van der Waals surface area contributed by atoms with Crippen molar-refractivity contribution < 1.29 is 9.13 Å². The number of nitrogens with zero attached hydrogens (tertiary/aromatic N) is 3. The highest BCUT2D eigenvalue weighted by atomic mass is 19.1. The van der Waals surface area contributed by atoms with E-state index in [9.17, 15) is 4.39 Å². The van der Waals surface area contributed by atoms with E-state index in [1.165, 1.54) is 12.4 Å². The highest BCUT2D eigenvalue weighted by Gasteiger charge is 2.14. The summed E-state index contributed by atoms with van der Waals surface area (Å²) in [4.78, 5) is 10.8. The third-order valence-electron chi connectivity index (χ3n) is 4.60. The van der Waals surface area contributed by atoms with Gasteiger partial charge >= 0.3 is 0 Å². The zero-order valence-electron chi connectivity index (χ0n) is 15.4. The third-order valence-corrected chi connectivity index (χ3v) is 4.60. The van der Waals surface area contributed by atoms with Crippen molar-refractivity contribution in [3.63, 3.8) is 0 Å². The molecule has 0 radical (unpaired) electrons. The Morgan fingerprint density at radius 3 is 2.57 bits per heavy atom. The minimum atomic E-state index is -0.234. The summed E-state index contributed by atoms with van der Waals surface area (Å²) in [6.07, 6.45) is 1.49. The Balaban J connectivity index is 1.47. The van der Waals surface area contributed by atoms with Crippen LogP contribution in [0.3, 0.4) is 0 Å². The highest BCUT2D eigenvalue weighted by Crippen LogP contribution is 2.29. The normalized spacial score (nSPS) is 14.0. The Labute approximate surface area is 163 Å². The molecule has 4 rings (SSSR count). The van der Waals surface area contributed by atoms with Crippen molar-refractivity contribution in [3.05, 3.63) is 72.3 Å². The lowest BCUT2D eigenvalue weighted by Gasteiger charge is -2.30. The predicted molar refractivity (Wildman–Crippen MR) is 109 cm³/mol. The molecule has 1 saturated heterocycles. The van der Waals surface area contributed by atoms with E-state index >= 15 is 0 Å². The number of anilines is 4. The molecule has 1 aromatic heterocycles. The van der Waals surface area contributed by atoms with E-state index in [1.54, 1.807) is 12.1 Å². The zero-order chi connectivity index (χ0) is 19.2. The van der Waals surface area contributed by atoms with Gasteiger partial charge in [-0.15, -0.1) is 0 Å². The Bertz CT molecular complexity index is 930. The van der Waals surface area contributed by atoms with Crippen molar-refractivity contribution in [2.75, 3.05) is 41.8 Å². The topological polar surface area (TPSA) is 62.3 Å². The van der Waals surface area contributed by atoms with Gasteiger partial charge in [-0.3, -0.25) is 0 Å². The largest absolute Gasteiger partial charge is 0.378 e. The second-order valence-electron chi connectivity index (χ2n) is 6.48. The SMILES string of the molecule is Fc1ccccc1CNc1cc(Nc2ccccc2N2CCOCC2)ncn1. The van der Waals surface area contributed by atoms with Crippen molar-refractivity contribution in [2.45, 2.75) is 6.54 Å². The van der Waals surface area contributed by atoms with E-state index < -0.39 is 0 Å². The smallest absolute Gasteiger partial charge is 0.135 e. The van der Waals surface area contributed by atoms with Gasteiger partial charge in [0.25, 0.3) is 0 Å². The molecule has 2 aromatic carbocycles. The van der Waals surface area contributed by atoms with Crippen LogP contribution in [-0.4, -0.2) is 36.3 Å². The van der Waals surface area contributed by atoms with Crippen LogP contribution in [0, 0.1) is 5.82 Å². The molecule has 0 amide bonds. The number of ether oxygens (including phenoxy) is 1. The molecular formula is C21H22FN5O. The molecule has 0 spiro atoms. The molecule has 0 saturated carbocycles. The van der Waals surface area contributed by atoms with Crippen LogP contribution in [0.1, 0.15) is 5.56 Å². The summed E-state index contributed by atoms with van der Waals surface area (Å²) in [7, 11) is 0. The fourth-order valence-corrected chi connectivity index (χ4v) is 3.15. The average molecular weight is 379 g/mol. The van der Waals surface area contributed by atoms with E-state index in [2.05, 4.69) is 31.6 Å². The van der Waals surface area contributed by atoms with Crippen molar-refractivity contribution in [2.24, 2.45) is 0 Å². The summed E-state index contributed by atoms with van der Waals surface area (Å²) < 4.78 is 19.2. The van der Waals surface area contributed by atoms with Gasteiger partial charge in [0.1, 0.15) is 23.8 Å². The number of nitrogens with one attached hydrogen (secondary N) is 2. The number of hydrogen-bond acceptors (Lipinski definition) is 6. The molecule has 28 heavy (non-hydrogen) atoms. The summed E-state index contributed by atoms with van der Waals surface area (Å²) in [5, 5.41) is 6.52. The number of rotatable bonds is 6. The summed E-state index contributed by atoms with van der Waals surface area (Å²) in [5.74, 6) is 1.07. The fraction of sp³-hybridized carbons (Fsp3) is 0.238. The first-order valence-corrected chi connectivity index (χ1v) is 9.28. The Kier molecular flexibility index (Phi) is 5.63. The molecule has 2 heterocycles. The van der Waals surface area contributed by atoms with Crippen LogP contribution in [0.2, 0.25) is 0 Å². The maximum atomic E-state index is 13.8. The third kappa shape index (κ3) is 4.37. The van der Waals surface area contributed by atoms with Gasteiger partial charge in [0.05, 0.1) is 24.6 Å². The maximum Gasteiger partial charge on any atom is 0.135 e. The quantitative estimate of drug-likeness (QED) is 0.679. The molecule has 144 valence electrons. The van der Waals surface area contributed by atoms with E-state index in [1.807, 2.05) is 30.3 Å². The molecular weight excluding hydrogens is 357 g/mol. The van der Waals surface area contributed by atoms with Crippen LogP contribution in [0.15, 0.2) is 60.9 Å². The molecule has 0 aliphatic carbocycles. The first-order valence-electron chi connectivity index (χ1n) is 9.28. The standard InChI is InChI=1S/C21H22FN5O/c22-17-6-2-1-5-16(17)14-23-20-13-21(25-15-24-20)26-18-7-3-4-8-19(18)27-9-11-28-12-10-27/h1-8,13,15H,9-12,14H2,(H2,23,24,25,26). The van der Waals surface area contributed by atoms with Crippen molar-refractivity contribution in [3.8, 4) is 0 Å². The lowest BCUT2D eigenvalue weighted by Crippen LogP contribution is -2.36. The first-order chi connectivity index (χ1) is 13.8. The van der Waals surface area contributed by atoms with Crippen LogP contribution in [0.5, 0.6) is 0 Å². The summed E-state index contributed by atoms with van der Waals surface area (Å²) in [6, 6.07) is 16.6. The first kappa shape index (κ1) is 18.2. The van der Waals surface area contributed by atoms with Crippen LogP contribution in [0.25, 0.3) is 0 Å². The van der Waals surface area contributed by atoms with Crippen LogP contribution in [-0.2, 0) is 11.3 Å². The lowest BCUT2D eigenvalue weighted by molar-refractivity contribution is 0.123. The van der Waals surface area contributed by atoms with Gasteiger partial charge in [0, 0.05) is 31.3 Å². The Morgan fingerprint density at radius 1 is 0.964 bits per heavy atom. The van der Waals surface area contributed by atoms with E-state index in [-0.39, 0.29) is 5.82 Å². The molecule has 7 heteroatoms. The molecule has 0 bridgehead atoms. The molecule has 1 aliphatic heterocycles. The Hall–Kier alpha value is -3.19. The average Bonchev–Trinajstić information content (AvgIpc) is 2.74. The van der Waals surface area contributed by atoms with Gasteiger partial charge in [-0.25, -0.2) is 14.4 Å². The van der Waals surface area contributed by atoms with E-state index in [4.69, 9.17) is 4.74 Å². The number of hydrogen-bond donors (Lipinski definition) is 2. The number of para-hydroxylation sites is 2. The van der Waals surface area contributed by atoms with Crippen molar-refractivity contribution in [1.29, 1.82) is 0 Å². The molecule has 1 aliphatic rings. The number of morpholine rings is 1. The zero-order valence-corrected chi connectivity index (χ0v) is 15.4. The van der Waals surface area contributed by atoms with Crippen LogP contribution < -0.4 is 15.5 Å². The van der Waals surface area contributed by atoms with Gasteiger partial charge in [-0.1, -0.05) is 30.3 Å². The second kappa shape index (κ2) is 8.67. The summed E-state index contributed by atoms with van der Waals surface area (Å²) in [6.45, 7) is 3.53. The Morgan fingerprint density at radius 2 is 1.71 bits per heavy atom. The van der Waals surface area contributed by atoms with E-state index in [0.29, 0.717) is 23.7 Å². The molecule has 6 nitrogen and oxygen atoms in total. The minimum absolute atomic E-state index is 0.234. The highest BCUT2D eigenvalue weighted by molar-refractivity contribution is 5.74. The minimum Gasteiger partial charge on any atom is -0.378 e. The number of halogens is 1. The summed E-state index contributed by atoms with van der Waals surface area (Å²) in [5.41, 5.74) is 2.68. The molecule has 3 aromatic rings. The van der Waals surface area contributed by atoms with Gasteiger partial charge in [0.15, 0.2) is 0 Å². The van der Waals surface area contributed by atoms with Gasteiger partial charge < -0.3 is 20.3 Å². The van der Waals surface area contributed by atoms with Gasteiger partial charge in [-0.2, -0.15) is 0 Å². The van der Waals surface area contributed by atoms with Gasteiger partial charge in [-0.05, 0) is 18.2 Å². The van der Waals surface area contributed by atoms with Crippen LogP contribution >= 0.6 is 0 Å². The maximum absolute atomic E-state index is 13.8. The number of aromatic nitrogens is 2. The predicted octanol–water partition coefficient (Wildman–Crippen LogP) is 3.81. The van der Waals surface area contributed by atoms with Crippen molar-refractivity contribution >= 4 is 23.0 Å². The van der Waals surface area contributed by atoms with Crippen LogP contribution in [0.4, 0.5) is 27.4 Å². The second-order valence-corrected chi connectivity index (χ2v) is 6.48. The fourth-order valence-electron chi connectivity index (χ4n) is 3.15. The lowest BCUT2D eigenvalue weighted by atomic mass is 10.2. The van der Waals surface area contributed by atoms with E-state index in [0.717, 1.165) is 37.7 Å². The molecule has 1 fully saturated rings. The molecule has 0 atom stereocenters. The monoisotopic (exact) mass is 379 g/mol. The molecule has 0 unspecified atom stereocenters. The number of benzene rings is 2. The molecule has 2 N–H and O–H groups in total. The summed E-state index contributed by atoms with van der Waals surface area (Å²) >= 11 is 0. The van der Waals surface area contributed by atoms with Crippen molar-refractivity contribution in [1.82, 2.24) is 9.97 Å².